The summed E-state index contributed by atoms with van der Waals surface area (Å²) in [6, 6.07) is 19.4. The highest BCUT2D eigenvalue weighted by atomic mass is 16.1. The van der Waals surface area contributed by atoms with E-state index in [0.29, 0.717) is 5.56 Å². The van der Waals surface area contributed by atoms with E-state index in [-0.39, 0.29) is 5.91 Å². The van der Waals surface area contributed by atoms with Gasteiger partial charge in [0.25, 0.3) is 5.91 Å². The molecule has 2 heterocycles. The molecular formula is C22H18N4O. The van der Waals surface area contributed by atoms with Gasteiger partial charge in [-0.15, -0.1) is 0 Å². The summed E-state index contributed by atoms with van der Waals surface area (Å²) in [6.45, 7) is 0. The van der Waals surface area contributed by atoms with Gasteiger partial charge in [-0.3, -0.25) is 9.78 Å². The van der Waals surface area contributed by atoms with Gasteiger partial charge in [0.15, 0.2) is 0 Å². The van der Waals surface area contributed by atoms with E-state index in [1.165, 1.54) is 0 Å². The summed E-state index contributed by atoms with van der Waals surface area (Å²) in [5, 5.41) is 8.74. The van der Waals surface area contributed by atoms with Crippen LogP contribution in [-0.4, -0.2) is 20.7 Å². The first-order valence-corrected chi connectivity index (χ1v) is 9.12. The number of carbonyl (C=O) groups excluding carboxylic acids is 1. The van der Waals surface area contributed by atoms with Gasteiger partial charge in [0.05, 0.1) is 22.5 Å². The van der Waals surface area contributed by atoms with E-state index < -0.39 is 0 Å². The summed E-state index contributed by atoms with van der Waals surface area (Å²) < 4.78 is 1.85. The monoisotopic (exact) mass is 354 g/mol. The van der Waals surface area contributed by atoms with Crippen molar-refractivity contribution in [3.63, 3.8) is 0 Å². The Kier molecular flexibility index (Phi) is 3.71. The first-order valence-electron chi connectivity index (χ1n) is 9.12. The largest absolute Gasteiger partial charge is 0.306 e. The molecule has 1 N–H and O–H groups in total. The third-order valence-electron chi connectivity index (χ3n) is 5.03. The lowest BCUT2D eigenvalue weighted by Gasteiger charge is -2.12. The number of aromatic nitrogens is 3. The average Bonchev–Trinajstić information content (AvgIpc) is 3.31. The van der Waals surface area contributed by atoms with E-state index in [2.05, 4.69) is 10.3 Å². The van der Waals surface area contributed by atoms with E-state index in [4.69, 9.17) is 5.10 Å². The predicted molar refractivity (Wildman–Crippen MR) is 105 cm³/mol. The number of hydrogen-bond acceptors (Lipinski definition) is 3. The Morgan fingerprint density at radius 3 is 2.67 bits per heavy atom. The molecule has 0 saturated heterocycles. The Morgan fingerprint density at radius 2 is 1.78 bits per heavy atom. The van der Waals surface area contributed by atoms with E-state index in [9.17, 15) is 4.79 Å². The summed E-state index contributed by atoms with van der Waals surface area (Å²) >= 11 is 0. The van der Waals surface area contributed by atoms with E-state index in [1.54, 1.807) is 12.3 Å². The van der Waals surface area contributed by atoms with Gasteiger partial charge in [-0.25, -0.2) is 4.68 Å². The molecule has 5 heteroatoms. The molecule has 2 aromatic heterocycles. The lowest BCUT2D eigenvalue weighted by atomic mass is 10.1. The molecule has 5 nitrogen and oxygen atoms in total. The molecule has 0 spiro atoms. The van der Waals surface area contributed by atoms with Gasteiger partial charge in [0.2, 0.25) is 0 Å². The zero-order valence-corrected chi connectivity index (χ0v) is 14.7. The van der Waals surface area contributed by atoms with Crippen LogP contribution in [-0.2, 0) is 12.8 Å². The van der Waals surface area contributed by atoms with Crippen LogP contribution in [0.5, 0.6) is 0 Å². The van der Waals surface area contributed by atoms with Gasteiger partial charge < -0.3 is 5.32 Å². The number of rotatable bonds is 3. The van der Waals surface area contributed by atoms with Gasteiger partial charge in [-0.1, -0.05) is 36.4 Å². The zero-order valence-electron chi connectivity index (χ0n) is 14.7. The molecular weight excluding hydrogens is 336 g/mol. The standard InChI is InChI=1S/C22H18N4O/c27-22(17-13-14-23-19-11-5-4-9-16(17)19)24-21-18-10-6-12-20(18)25-26(21)15-7-2-1-3-8-15/h1-5,7-9,11,13-14H,6,10,12H2,(H,24,27). The van der Waals surface area contributed by atoms with Crippen molar-refractivity contribution in [2.45, 2.75) is 19.3 Å². The Balaban J connectivity index is 1.58. The van der Waals surface area contributed by atoms with Gasteiger partial charge in [-0.05, 0) is 43.5 Å². The first kappa shape index (κ1) is 15.8. The number of fused-ring (bicyclic) bond motifs is 2. The number of carbonyl (C=O) groups is 1. The van der Waals surface area contributed by atoms with Gasteiger partial charge in [-0.2, -0.15) is 5.10 Å². The molecule has 0 unspecified atom stereocenters. The number of amides is 1. The molecule has 132 valence electrons. The van der Waals surface area contributed by atoms with Crippen LogP contribution in [0.3, 0.4) is 0 Å². The molecule has 0 bridgehead atoms. The number of pyridine rings is 1. The van der Waals surface area contributed by atoms with Crippen LogP contribution < -0.4 is 5.32 Å². The molecule has 1 aliphatic carbocycles. The molecule has 0 aliphatic heterocycles. The van der Waals surface area contributed by atoms with Crippen molar-refractivity contribution in [1.29, 1.82) is 0 Å². The maximum Gasteiger partial charge on any atom is 0.257 e. The minimum Gasteiger partial charge on any atom is -0.306 e. The molecule has 1 aliphatic rings. The highest BCUT2D eigenvalue weighted by Crippen LogP contribution is 2.31. The van der Waals surface area contributed by atoms with Gasteiger partial charge >= 0.3 is 0 Å². The number of anilines is 1. The SMILES string of the molecule is O=C(Nc1c2c(nn1-c1ccccc1)CCC2)c1ccnc2ccccc12. The summed E-state index contributed by atoms with van der Waals surface area (Å²) in [7, 11) is 0. The maximum absolute atomic E-state index is 13.1. The van der Waals surface area contributed by atoms with Crippen LogP contribution in [0.25, 0.3) is 16.6 Å². The highest BCUT2D eigenvalue weighted by molar-refractivity contribution is 6.12. The average molecular weight is 354 g/mol. The fraction of sp³-hybridized carbons (Fsp3) is 0.136. The lowest BCUT2D eigenvalue weighted by molar-refractivity contribution is 0.102. The second kappa shape index (κ2) is 6.36. The second-order valence-electron chi connectivity index (χ2n) is 6.70. The second-order valence-corrected chi connectivity index (χ2v) is 6.70. The van der Waals surface area contributed by atoms with Crippen molar-refractivity contribution < 1.29 is 4.79 Å². The van der Waals surface area contributed by atoms with Crippen LogP contribution >= 0.6 is 0 Å². The predicted octanol–water partition coefficient (Wildman–Crippen LogP) is 4.16. The van der Waals surface area contributed by atoms with Crippen LogP contribution in [0.4, 0.5) is 5.82 Å². The number of para-hydroxylation sites is 2. The Bertz CT molecular complexity index is 1140. The molecule has 2 aromatic carbocycles. The minimum atomic E-state index is -0.139. The quantitative estimate of drug-likeness (QED) is 0.601. The van der Waals surface area contributed by atoms with E-state index in [0.717, 1.165) is 52.9 Å². The maximum atomic E-state index is 13.1. The number of benzene rings is 2. The fourth-order valence-corrected chi connectivity index (χ4v) is 3.74. The van der Waals surface area contributed by atoms with Crippen molar-refractivity contribution >= 4 is 22.6 Å². The summed E-state index contributed by atoms with van der Waals surface area (Å²) in [5.41, 5.74) is 4.60. The molecule has 1 amide bonds. The third kappa shape index (κ3) is 2.68. The van der Waals surface area contributed by atoms with Crippen molar-refractivity contribution in [3.05, 3.63) is 83.7 Å². The third-order valence-corrected chi connectivity index (χ3v) is 5.03. The van der Waals surface area contributed by atoms with Crippen LogP contribution in [0.2, 0.25) is 0 Å². The van der Waals surface area contributed by atoms with Gasteiger partial charge in [0, 0.05) is 17.1 Å². The molecule has 5 rings (SSSR count). The van der Waals surface area contributed by atoms with Gasteiger partial charge in [0.1, 0.15) is 5.82 Å². The molecule has 0 atom stereocenters. The molecule has 0 radical (unpaired) electrons. The Morgan fingerprint density at radius 1 is 0.963 bits per heavy atom. The Hall–Kier alpha value is -3.47. The first-order chi connectivity index (χ1) is 13.3. The summed E-state index contributed by atoms with van der Waals surface area (Å²) in [6.07, 6.45) is 4.65. The Labute approximate surface area is 156 Å². The number of nitrogens with zero attached hydrogens (tertiary/aromatic N) is 3. The van der Waals surface area contributed by atoms with E-state index in [1.807, 2.05) is 59.3 Å². The normalized spacial score (nSPS) is 12.9. The zero-order chi connectivity index (χ0) is 18.2. The van der Waals surface area contributed by atoms with Crippen molar-refractivity contribution in [1.82, 2.24) is 14.8 Å². The summed E-state index contributed by atoms with van der Waals surface area (Å²) in [4.78, 5) is 17.5. The highest BCUT2D eigenvalue weighted by Gasteiger charge is 2.25. The topological polar surface area (TPSA) is 59.8 Å². The summed E-state index contributed by atoms with van der Waals surface area (Å²) in [5.74, 6) is 0.639. The van der Waals surface area contributed by atoms with Crippen LogP contribution in [0.15, 0.2) is 66.9 Å². The number of nitrogens with one attached hydrogen (secondary N) is 1. The molecule has 0 saturated carbocycles. The number of aryl methyl sites for hydroxylation is 1. The van der Waals surface area contributed by atoms with E-state index >= 15 is 0 Å². The van der Waals surface area contributed by atoms with Crippen molar-refractivity contribution in [3.8, 4) is 5.69 Å². The van der Waals surface area contributed by atoms with Crippen LogP contribution in [0.1, 0.15) is 28.0 Å². The van der Waals surface area contributed by atoms with Crippen molar-refractivity contribution in [2.75, 3.05) is 5.32 Å². The fourth-order valence-electron chi connectivity index (χ4n) is 3.74. The number of hydrogen-bond donors (Lipinski definition) is 1. The molecule has 0 fully saturated rings. The molecule has 27 heavy (non-hydrogen) atoms. The minimum absolute atomic E-state index is 0.139. The smallest absolute Gasteiger partial charge is 0.257 e. The van der Waals surface area contributed by atoms with Crippen LogP contribution in [0, 0.1) is 0 Å². The van der Waals surface area contributed by atoms with Crippen molar-refractivity contribution in [2.24, 2.45) is 0 Å². The lowest BCUT2D eigenvalue weighted by Crippen LogP contribution is -2.17. The molecule has 4 aromatic rings.